The minimum absolute atomic E-state index is 0.189. The number of hydrogen-bond acceptors (Lipinski definition) is 7. The Labute approximate surface area is 211 Å². The van der Waals surface area contributed by atoms with E-state index in [1.54, 1.807) is 33.3 Å². The molecule has 2 atom stereocenters. The molecule has 2 N–H and O–H groups in total. The molecule has 1 aliphatic rings. The van der Waals surface area contributed by atoms with Crippen molar-refractivity contribution in [1.82, 2.24) is 9.88 Å². The third-order valence-corrected chi connectivity index (χ3v) is 6.70. The second-order valence-corrected chi connectivity index (χ2v) is 8.91. The standard InChI is InChI=1S/C27H34N4O5/c1-6-36-27(33)25-24(22-15-21(35-5)10-11-23(22)28-25)29-26(32)18(3)30-12-13-31(17(2)16-30)19-8-7-9-20(14-19)34-4/h7-11,14-15,17-18,28H,6,12-13,16H2,1-5H3,(H,29,32)/t17-,18+/m0/s1. The highest BCUT2D eigenvalue weighted by Crippen LogP contribution is 2.32. The highest BCUT2D eigenvalue weighted by atomic mass is 16.5. The summed E-state index contributed by atoms with van der Waals surface area (Å²) in [7, 11) is 3.24. The lowest BCUT2D eigenvalue weighted by Gasteiger charge is -2.43. The lowest BCUT2D eigenvalue weighted by Crippen LogP contribution is -2.56. The van der Waals surface area contributed by atoms with E-state index in [9.17, 15) is 9.59 Å². The third-order valence-electron chi connectivity index (χ3n) is 6.70. The molecule has 2 heterocycles. The molecule has 0 radical (unpaired) electrons. The predicted octanol–water partition coefficient (Wildman–Crippen LogP) is 3.90. The fourth-order valence-electron chi connectivity index (χ4n) is 4.69. The monoisotopic (exact) mass is 494 g/mol. The molecule has 1 aromatic heterocycles. The summed E-state index contributed by atoms with van der Waals surface area (Å²) < 4.78 is 15.9. The second-order valence-electron chi connectivity index (χ2n) is 8.91. The molecule has 0 saturated carbocycles. The smallest absolute Gasteiger partial charge is 0.356 e. The average molecular weight is 495 g/mol. The zero-order chi connectivity index (χ0) is 25.8. The second kappa shape index (κ2) is 10.9. The molecular weight excluding hydrogens is 460 g/mol. The quantitative estimate of drug-likeness (QED) is 0.459. The van der Waals surface area contributed by atoms with Crippen molar-refractivity contribution in [3.63, 3.8) is 0 Å². The van der Waals surface area contributed by atoms with Crippen molar-refractivity contribution < 1.29 is 23.8 Å². The summed E-state index contributed by atoms with van der Waals surface area (Å²) in [5, 5.41) is 3.68. The SMILES string of the molecule is CCOC(=O)c1[nH]c2ccc(OC)cc2c1NC(=O)[C@@H](C)N1CCN(c2cccc(OC)c2)[C@@H](C)C1. The predicted molar refractivity (Wildman–Crippen MR) is 140 cm³/mol. The number of benzene rings is 2. The molecule has 1 fully saturated rings. The summed E-state index contributed by atoms with van der Waals surface area (Å²) in [6, 6.07) is 13.2. The number of fused-ring (bicyclic) bond motifs is 1. The number of anilines is 2. The van der Waals surface area contributed by atoms with Gasteiger partial charge in [-0.1, -0.05) is 6.07 Å². The minimum Gasteiger partial charge on any atom is -0.497 e. The fourth-order valence-corrected chi connectivity index (χ4v) is 4.69. The average Bonchev–Trinajstić information content (AvgIpc) is 3.25. The van der Waals surface area contributed by atoms with Gasteiger partial charge in [0.2, 0.25) is 5.91 Å². The first-order chi connectivity index (χ1) is 17.4. The molecule has 192 valence electrons. The van der Waals surface area contributed by atoms with E-state index < -0.39 is 12.0 Å². The molecule has 3 aromatic rings. The number of aromatic amines is 1. The summed E-state index contributed by atoms with van der Waals surface area (Å²) in [6.45, 7) is 8.25. The van der Waals surface area contributed by atoms with Crippen LogP contribution in [-0.4, -0.2) is 74.3 Å². The van der Waals surface area contributed by atoms with E-state index in [1.807, 2.05) is 31.2 Å². The maximum atomic E-state index is 13.4. The van der Waals surface area contributed by atoms with Gasteiger partial charge in [-0.05, 0) is 51.1 Å². The van der Waals surface area contributed by atoms with Gasteiger partial charge in [0, 0.05) is 48.3 Å². The molecule has 9 heteroatoms. The van der Waals surface area contributed by atoms with E-state index in [0.29, 0.717) is 22.3 Å². The zero-order valence-corrected chi connectivity index (χ0v) is 21.5. The summed E-state index contributed by atoms with van der Waals surface area (Å²) >= 11 is 0. The molecule has 0 bridgehead atoms. The summed E-state index contributed by atoms with van der Waals surface area (Å²) in [5.41, 5.74) is 2.44. The fraction of sp³-hybridized carbons (Fsp3) is 0.407. The number of rotatable bonds is 8. The number of carbonyl (C=O) groups excluding carboxylic acids is 2. The van der Waals surface area contributed by atoms with Crippen LogP contribution in [0, 0.1) is 0 Å². The van der Waals surface area contributed by atoms with Crippen molar-refractivity contribution in [3.05, 3.63) is 48.2 Å². The van der Waals surface area contributed by atoms with Gasteiger partial charge in [0.1, 0.15) is 17.2 Å². The van der Waals surface area contributed by atoms with Crippen molar-refractivity contribution in [2.75, 3.05) is 50.7 Å². The van der Waals surface area contributed by atoms with Crippen LogP contribution in [0.5, 0.6) is 11.5 Å². The maximum absolute atomic E-state index is 13.4. The lowest BCUT2D eigenvalue weighted by molar-refractivity contribution is -0.121. The highest BCUT2D eigenvalue weighted by Gasteiger charge is 2.31. The van der Waals surface area contributed by atoms with Crippen molar-refractivity contribution in [2.24, 2.45) is 0 Å². The van der Waals surface area contributed by atoms with Crippen LogP contribution in [-0.2, 0) is 9.53 Å². The van der Waals surface area contributed by atoms with Gasteiger partial charge < -0.3 is 29.4 Å². The topological polar surface area (TPSA) is 96.1 Å². The summed E-state index contributed by atoms with van der Waals surface area (Å²) in [6.07, 6.45) is 0. The lowest BCUT2D eigenvalue weighted by atomic mass is 10.1. The van der Waals surface area contributed by atoms with E-state index in [0.717, 1.165) is 31.1 Å². The van der Waals surface area contributed by atoms with E-state index >= 15 is 0 Å². The summed E-state index contributed by atoms with van der Waals surface area (Å²) in [5.74, 6) is 0.744. The molecule has 2 aromatic carbocycles. The minimum atomic E-state index is -0.517. The van der Waals surface area contributed by atoms with Crippen molar-refractivity contribution in [2.45, 2.75) is 32.9 Å². The molecule has 0 spiro atoms. The first-order valence-electron chi connectivity index (χ1n) is 12.2. The van der Waals surface area contributed by atoms with Crippen LogP contribution < -0.4 is 19.7 Å². The molecular formula is C27H34N4O5. The number of H-pyrrole nitrogens is 1. The Balaban J connectivity index is 1.52. The molecule has 0 aliphatic carbocycles. The van der Waals surface area contributed by atoms with Crippen LogP contribution in [0.3, 0.4) is 0 Å². The molecule has 1 amide bonds. The van der Waals surface area contributed by atoms with Crippen LogP contribution in [0.4, 0.5) is 11.4 Å². The molecule has 1 aliphatic heterocycles. The Morgan fingerprint density at radius 3 is 2.56 bits per heavy atom. The summed E-state index contributed by atoms with van der Waals surface area (Å²) in [4.78, 5) is 33.6. The van der Waals surface area contributed by atoms with Crippen LogP contribution >= 0.6 is 0 Å². The van der Waals surface area contributed by atoms with Gasteiger partial charge in [-0.25, -0.2) is 4.79 Å². The molecule has 9 nitrogen and oxygen atoms in total. The van der Waals surface area contributed by atoms with Gasteiger partial charge in [0.15, 0.2) is 0 Å². The first kappa shape index (κ1) is 25.4. The molecule has 36 heavy (non-hydrogen) atoms. The number of carbonyl (C=O) groups is 2. The number of esters is 1. The number of nitrogens with zero attached hydrogens (tertiary/aromatic N) is 2. The van der Waals surface area contributed by atoms with Gasteiger partial charge in [-0.2, -0.15) is 0 Å². The van der Waals surface area contributed by atoms with E-state index in [-0.39, 0.29) is 24.2 Å². The number of ether oxygens (including phenoxy) is 3. The number of hydrogen-bond donors (Lipinski definition) is 2. The Bertz CT molecular complexity index is 1240. The van der Waals surface area contributed by atoms with Crippen LogP contribution in [0.1, 0.15) is 31.3 Å². The van der Waals surface area contributed by atoms with Gasteiger partial charge >= 0.3 is 5.97 Å². The Kier molecular flexibility index (Phi) is 7.69. The number of piperazine rings is 1. The van der Waals surface area contributed by atoms with Gasteiger partial charge in [-0.3, -0.25) is 9.69 Å². The van der Waals surface area contributed by atoms with Crippen molar-refractivity contribution >= 4 is 34.2 Å². The van der Waals surface area contributed by atoms with Crippen molar-refractivity contribution in [1.29, 1.82) is 0 Å². The highest BCUT2D eigenvalue weighted by molar-refractivity contribution is 6.12. The van der Waals surface area contributed by atoms with Crippen LogP contribution in [0.25, 0.3) is 10.9 Å². The Morgan fingerprint density at radius 1 is 1.11 bits per heavy atom. The van der Waals surface area contributed by atoms with Crippen LogP contribution in [0.2, 0.25) is 0 Å². The maximum Gasteiger partial charge on any atom is 0.356 e. The normalized spacial score (nSPS) is 17.0. The number of aromatic nitrogens is 1. The van der Waals surface area contributed by atoms with Gasteiger partial charge in [0.05, 0.1) is 32.6 Å². The molecule has 4 rings (SSSR count). The number of nitrogens with one attached hydrogen (secondary N) is 2. The van der Waals surface area contributed by atoms with Gasteiger partial charge in [-0.15, -0.1) is 0 Å². The van der Waals surface area contributed by atoms with Crippen molar-refractivity contribution in [3.8, 4) is 11.5 Å². The van der Waals surface area contributed by atoms with Gasteiger partial charge in [0.25, 0.3) is 0 Å². The Hall–Kier alpha value is -3.72. The van der Waals surface area contributed by atoms with E-state index in [1.165, 1.54) is 0 Å². The van der Waals surface area contributed by atoms with E-state index in [2.05, 4.69) is 33.1 Å². The molecule has 1 saturated heterocycles. The largest absolute Gasteiger partial charge is 0.497 e. The van der Waals surface area contributed by atoms with Crippen LogP contribution in [0.15, 0.2) is 42.5 Å². The third kappa shape index (κ3) is 5.11. The zero-order valence-electron chi connectivity index (χ0n) is 21.5. The number of methoxy groups -OCH3 is 2. The van der Waals surface area contributed by atoms with E-state index in [4.69, 9.17) is 14.2 Å². The Morgan fingerprint density at radius 2 is 1.86 bits per heavy atom. The number of amides is 1. The first-order valence-corrected chi connectivity index (χ1v) is 12.2. The molecule has 0 unspecified atom stereocenters.